The first-order chi connectivity index (χ1) is 10.1. The van der Waals surface area contributed by atoms with E-state index < -0.39 is 27.8 Å². The Balaban J connectivity index is 2.88. The maximum atomic E-state index is 11.4. The van der Waals surface area contributed by atoms with Crippen molar-refractivity contribution in [3.05, 3.63) is 0 Å². The van der Waals surface area contributed by atoms with E-state index in [9.17, 15) is 28.7 Å². The van der Waals surface area contributed by atoms with Crippen LogP contribution in [0.2, 0.25) is 0 Å². The van der Waals surface area contributed by atoms with Gasteiger partial charge in [-0.1, -0.05) is 0 Å². The minimum absolute atomic E-state index is 0.248. The highest BCUT2D eigenvalue weighted by atomic mass is 31.2. The van der Waals surface area contributed by atoms with Crippen LogP contribution in [0, 0.1) is 0 Å². The van der Waals surface area contributed by atoms with E-state index in [1.54, 1.807) is 0 Å². The van der Waals surface area contributed by atoms with Gasteiger partial charge in [-0.3, -0.25) is 9.13 Å². The second kappa shape index (κ2) is 8.84. The molecule has 22 heavy (non-hydrogen) atoms. The topological polar surface area (TPSA) is 151 Å². The van der Waals surface area contributed by atoms with Crippen LogP contribution in [0.3, 0.4) is 0 Å². The maximum absolute atomic E-state index is 11.4. The van der Waals surface area contributed by atoms with Gasteiger partial charge < -0.3 is 40.0 Å². The molecule has 0 aromatic heterocycles. The molecular formula is C10H27N4O6P2+. The van der Waals surface area contributed by atoms with Crippen molar-refractivity contribution in [1.29, 1.82) is 0 Å². The van der Waals surface area contributed by atoms with Crippen molar-refractivity contribution in [1.82, 2.24) is 16.0 Å². The number of quaternary nitrogens is 1. The van der Waals surface area contributed by atoms with E-state index >= 15 is 0 Å². The lowest BCUT2D eigenvalue weighted by Crippen LogP contribution is -2.56. The van der Waals surface area contributed by atoms with Crippen LogP contribution in [0.15, 0.2) is 0 Å². The van der Waals surface area contributed by atoms with Gasteiger partial charge in [0.05, 0.1) is 13.1 Å². The molecule has 7 N–H and O–H groups in total. The van der Waals surface area contributed by atoms with Gasteiger partial charge in [-0.15, -0.1) is 0 Å². The molecule has 0 aromatic carbocycles. The molecule has 132 valence electrons. The molecule has 0 spiro atoms. The molecule has 0 amide bonds. The molecule has 1 saturated heterocycles. The Kier molecular flexibility index (Phi) is 8.11. The van der Waals surface area contributed by atoms with E-state index in [0.29, 0.717) is 26.2 Å². The average molecular weight is 361 g/mol. The summed E-state index contributed by atoms with van der Waals surface area (Å²) in [4.78, 5) is 37.2. The van der Waals surface area contributed by atoms with Gasteiger partial charge >= 0.3 is 15.2 Å². The summed E-state index contributed by atoms with van der Waals surface area (Å²) in [7, 11) is -8.81. The van der Waals surface area contributed by atoms with Crippen molar-refractivity contribution in [2.45, 2.75) is 0 Å². The van der Waals surface area contributed by atoms with Crippen molar-refractivity contribution in [2.75, 3.05) is 64.9 Å². The molecule has 12 heteroatoms. The molecule has 0 atom stereocenters. The van der Waals surface area contributed by atoms with Crippen molar-refractivity contribution in [2.24, 2.45) is 0 Å². The molecule has 0 aromatic rings. The Hall–Kier alpha value is 0.140. The Bertz CT molecular complexity index is 388. The fraction of sp³-hybridized carbons (Fsp3) is 1.00. The molecule has 0 saturated carbocycles. The first-order valence-corrected chi connectivity index (χ1v) is 10.8. The molecule has 1 heterocycles. The summed E-state index contributed by atoms with van der Waals surface area (Å²) >= 11 is 0. The largest absolute Gasteiger partial charge is 0.379 e. The Morgan fingerprint density at radius 3 is 1.32 bits per heavy atom. The first-order valence-electron chi connectivity index (χ1n) is 7.18. The zero-order valence-corrected chi connectivity index (χ0v) is 14.3. The minimum atomic E-state index is -4.40. The summed E-state index contributed by atoms with van der Waals surface area (Å²) in [5.41, 5.74) is 0. The molecule has 1 rings (SSSR count). The molecule has 0 radical (unpaired) electrons. The lowest BCUT2D eigenvalue weighted by molar-refractivity contribution is -0.906. The van der Waals surface area contributed by atoms with E-state index in [2.05, 4.69) is 16.0 Å². The van der Waals surface area contributed by atoms with Crippen LogP contribution in [0.25, 0.3) is 0 Å². The molecular weight excluding hydrogens is 334 g/mol. The third-order valence-corrected chi connectivity index (χ3v) is 5.39. The van der Waals surface area contributed by atoms with E-state index in [1.165, 1.54) is 0 Å². The summed E-state index contributed by atoms with van der Waals surface area (Å²) in [5, 5.41) is 9.47. The monoisotopic (exact) mass is 361 g/mol. The summed E-state index contributed by atoms with van der Waals surface area (Å²) in [6.45, 7) is 4.26. The zero-order valence-electron chi connectivity index (χ0n) is 12.5. The van der Waals surface area contributed by atoms with Crippen LogP contribution in [-0.4, -0.2) is 89.0 Å². The lowest BCUT2D eigenvalue weighted by atomic mass is 10.4. The minimum Gasteiger partial charge on any atom is -0.321 e. The van der Waals surface area contributed by atoms with Crippen molar-refractivity contribution < 1.29 is 33.2 Å². The van der Waals surface area contributed by atoms with Crippen molar-refractivity contribution in [3.8, 4) is 0 Å². The average Bonchev–Trinajstić information content (AvgIpc) is 2.29. The van der Waals surface area contributed by atoms with Gasteiger partial charge in [0.2, 0.25) is 0 Å². The SMILES string of the molecule is O=P(O)(O)C[N+]1(CP(=O)(O)O)CCNCCNCCNCC1. The van der Waals surface area contributed by atoms with Gasteiger partial charge in [-0.25, -0.2) is 0 Å². The van der Waals surface area contributed by atoms with Crippen LogP contribution < -0.4 is 16.0 Å². The van der Waals surface area contributed by atoms with E-state index in [4.69, 9.17) is 0 Å². The summed E-state index contributed by atoms with van der Waals surface area (Å²) in [6.07, 6.45) is -1.14. The smallest absolute Gasteiger partial charge is 0.321 e. The Morgan fingerprint density at radius 1 is 0.682 bits per heavy atom. The summed E-state index contributed by atoms with van der Waals surface area (Å²) in [6, 6.07) is 0. The van der Waals surface area contributed by atoms with Crippen LogP contribution in [-0.2, 0) is 9.13 Å². The van der Waals surface area contributed by atoms with Gasteiger partial charge in [-0.05, 0) is 0 Å². The molecule has 1 aliphatic rings. The van der Waals surface area contributed by atoms with Crippen molar-refractivity contribution >= 4 is 15.2 Å². The standard InChI is InChI=1S/C10H26N4O6P2/c15-21(16,17)9-14(10-22(18,19)20)7-5-12-3-1-11-2-4-13-6-8-14/h11-13H,1-10H2,(H3-,15,16,17,18,19,20)/p+1. The zero-order chi connectivity index (χ0) is 16.7. The van der Waals surface area contributed by atoms with Crippen LogP contribution in [0.4, 0.5) is 0 Å². The quantitative estimate of drug-likeness (QED) is 0.220. The second-order valence-corrected chi connectivity index (χ2v) is 8.88. The van der Waals surface area contributed by atoms with Gasteiger partial charge in [0.15, 0.2) is 12.6 Å². The predicted molar refractivity (Wildman–Crippen MR) is 82.4 cm³/mol. The lowest BCUT2D eigenvalue weighted by Gasteiger charge is -2.38. The molecule has 1 fully saturated rings. The number of nitrogens with one attached hydrogen (secondary N) is 3. The number of nitrogens with zero attached hydrogens (tertiary/aromatic N) is 1. The number of rotatable bonds is 4. The highest BCUT2D eigenvalue weighted by molar-refractivity contribution is 7.52. The van der Waals surface area contributed by atoms with E-state index in [-0.39, 0.29) is 17.6 Å². The van der Waals surface area contributed by atoms with Gasteiger partial charge in [0.25, 0.3) is 0 Å². The number of hydrogen-bond acceptors (Lipinski definition) is 5. The second-order valence-electron chi connectivity index (χ2n) is 5.65. The van der Waals surface area contributed by atoms with Gasteiger partial charge in [0, 0.05) is 39.3 Å². The maximum Gasteiger partial charge on any atom is 0.379 e. The Morgan fingerprint density at radius 2 is 1.00 bits per heavy atom. The van der Waals surface area contributed by atoms with Crippen LogP contribution >= 0.6 is 15.2 Å². The highest BCUT2D eigenvalue weighted by Gasteiger charge is 2.40. The molecule has 0 unspecified atom stereocenters. The third kappa shape index (κ3) is 9.32. The highest BCUT2D eigenvalue weighted by Crippen LogP contribution is 2.44. The fourth-order valence-corrected chi connectivity index (χ4v) is 5.07. The van der Waals surface area contributed by atoms with Gasteiger partial charge in [-0.2, -0.15) is 0 Å². The van der Waals surface area contributed by atoms with Crippen LogP contribution in [0.1, 0.15) is 0 Å². The summed E-state index contributed by atoms with van der Waals surface area (Å²) < 4.78 is 22.6. The predicted octanol–water partition coefficient (Wildman–Crippen LogP) is -2.14. The van der Waals surface area contributed by atoms with Crippen LogP contribution in [0.5, 0.6) is 0 Å². The molecule has 10 nitrogen and oxygen atoms in total. The molecule has 1 aliphatic heterocycles. The van der Waals surface area contributed by atoms with E-state index in [1.807, 2.05) is 0 Å². The first kappa shape index (κ1) is 20.2. The van der Waals surface area contributed by atoms with Crippen molar-refractivity contribution in [3.63, 3.8) is 0 Å². The third-order valence-electron chi connectivity index (χ3n) is 3.45. The molecule has 0 bridgehead atoms. The van der Waals surface area contributed by atoms with E-state index in [0.717, 1.165) is 13.1 Å². The normalized spacial score (nSPS) is 22.5. The Labute approximate surface area is 130 Å². The molecule has 0 aliphatic carbocycles. The fourth-order valence-electron chi connectivity index (χ4n) is 2.58. The van der Waals surface area contributed by atoms with Gasteiger partial charge in [0.1, 0.15) is 0 Å². The summed E-state index contributed by atoms with van der Waals surface area (Å²) in [5.74, 6) is 0. The number of hydrogen-bond donors (Lipinski definition) is 7.